The summed E-state index contributed by atoms with van der Waals surface area (Å²) in [7, 11) is 15.3. The first-order valence-corrected chi connectivity index (χ1v) is 6.63. The van der Waals surface area contributed by atoms with E-state index in [-0.39, 0.29) is 11.2 Å². The predicted molar refractivity (Wildman–Crippen MR) is 82.7 cm³/mol. The SMILES string of the molecule is [B]C([B])([B])Oc1cccc(F)c1B1OC(C)(C)C(C)(C)O1. The van der Waals surface area contributed by atoms with Gasteiger partial charge in [-0.2, -0.15) is 0 Å². The Hall–Kier alpha value is -0.870. The Balaban J connectivity index is 2.41. The molecule has 3 nitrogen and oxygen atoms in total. The van der Waals surface area contributed by atoms with E-state index in [9.17, 15) is 4.39 Å². The van der Waals surface area contributed by atoms with E-state index in [0.717, 1.165) is 0 Å². The van der Waals surface area contributed by atoms with Crippen molar-refractivity contribution in [1.82, 2.24) is 0 Å². The quantitative estimate of drug-likeness (QED) is 0.760. The Morgan fingerprint density at radius 1 is 1.10 bits per heavy atom. The summed E-state index contributed by atoms with van der Waals surface area (Å²) in [6, 6.07) is 4.24. The van der Waals surface area contributed by atoms with Gasteiger partial charge in [-0.25, -0.2) is 4.39 Å². The lowest BCUT2D eigenvalue weighted by molar-refractivity contribution is 0.00578. The Kier molecular flexibility index (Phi) is 4.00. The van der Waals surface area contributed by atoms with Gasteiger partial charge in [0.15, 0.2) is 0 Å². The minimum absolute atomic E-state index is 0.0843. The molecule has 0 aliphatic carbocycles. The number of hydrogen-bond donors (Lipinski definition) is 0. The monoisotopic (exact) mass is 282 g/mol. The molecule has 1 fully saturated rings. The van der Waals surface area contributed by atoms with Gasteiger partial charge >= 0.3 is 7.12 Å². The largest absolute Gasteiger partial charge is 0.516 e. The Morgan fingerprint density at radius 3 is 2.10 bits per heavy atom. The fraction of sp³-hybridized carbons (Fsp3) is 0.538. The molecule has 0 unspecified atom stereocenters. The summed E-state index contributed by atoms with van der Waals surface area (Å²) in [5.41, 5.74) is -1.13. The molecule has 2 rings (SSSR count). The van der Waals surface area contributed by atoms with Crippen molar-refractivity contribution in [2.45, 2.75) is 44.2 Å². The molecule has 1 aromatic carbocycles. The van der Waals surface area contributed by atoms with E-state index in [1.807, 2.05) is 27.7 Å². The predicted octanol–water partition coefficient (Wildman–Crippen LogP) is 0.620. The van der Waals surface area contributed by atoms with E-state index >= 15 is 0 Å². The lowest BCUT2D eigenvalue weighted by Crippen LogP contribution is -2.43. The van der Waals surface area contributed by atoms with Crippen LogP contribution in [0.15, 0.2) is 18.2 Å². The van der Waals surface area contributed by atoms with Crippen molar-refractivity contribution < 1.29 is 18.4 Å². The van der Waals surface area contributed by atoms with E-state index in [4.69, 9.17) is 37.6 Å². The van der Waals surface area contributed by atoms with E-state index < -0.39 is 29.4 Å². The molecule has 6 radical (unpaired) electrons. The highest BCUT2D eigenvalue weighted by atomic mass is 19.1. The Bertz CT molecular complexity index is 527. The normalized spacial score (nSPS) is 20.5. The van der Waals surface area contributed by atoms with Crippen LogP contribution in [0.1, 0.15) is 27.7 Å². The third-order valence-electron chi connectivity index (χ3n) is 3.79. The second kappa shape index (κ2) is 5.09. The van der Waals surface area contributed by atoms with E-state index in [2.05, 4.69) is 0 Å². The maximum atomic E-state index is 14.2. The van der Waals surface area contributed by atoms with Crippen LogP contribution in [0.5, 0.6) is 5.75 Å². The van der Waals surface area contributed by atoms with Crippen LogP contribution in [0.2, 0.25) is 0 Å². The van der Waals surface area contributed by atoms with Crippen LogP contribution in [0.25, 0.3) is 0 Å². The van der Waals surface area contributed by atoms with Gasteiger partial charge in [0.25, 0.3) is 0 Å². The number of benzene rings is 1. The van der Waals surface area contributed by atoms with Gasteiger partial charge < -0.3 is 14.0 Å². The van der Waals surface area contributed by atoms with Crippen molar-refractivity contribution >= 4 is 36.1 Å². The third kappa shape index (κ3) is 3.32. The average molecular weight is 282 g/mol. The molecular formula is C13H15B4FO3. The highest BCUT2D eigenvalue weighted by Gasteiger charge is 2.53. The van der Waals surface area contributed by atoms with Crippen LogP contribution >= 0.6 is 0 Å². The number of hydrogen-bond acceptors (Lipinski definition) is 3. The van der Waals surface area contributed by atoms with Gasteiger partial charge in [0.2, 0.25) is 0 Å². The zero-order chi connectivity index (χ0) is 16.1. The first-order valence-electron chi connectivity index (χ1n) is 6.63. The Morgan fingerprint density at radius 2 is 1.62 bits per heavy atom. The molecule has 8 heteroatoms. The highest BCUT2D eigenvalue weighted by Crippen LogP contribution is 2.37. The summed E-state index contributed by atoms with van der Waals surface area (Å²) in [6.45, 7) is 7.47. The molecule has 0 amide bonds. The van der Waals surface area contributed by atoms with Crippen LogP contribution in [0, 0.1) is 5.82 Å². The number of ether oxygens (including phenoxy) is 1. The van der Waals surface area contributed by atoms with Crippen molar-refractivity contribution in [3.05, 3.63) is 24.0 Å². The zero-order valence-electron chi connectivity index (χ0n) is 12.6. The van der Waals surface area contributed by atoms with Crippen LogP contribution in [-0.4, -0.2) is 47.2 Å². The zero-order valence-corrected chi connectivity index (χ0v) is 12.6. The molecule has 1 aliphatic heterocycles. The molecule has 21 heavy (non-hydrogen) atoms. The topological polar surface area (TPSA) is 27.7 Å². The standard InChI is InChI=1S/C13H15B4FO3/c1-11(2)12(3,4)21-17(20-11)10-8(18)6-5-7-9(10)19-13(14,15)16/h5-7H,1-4H3. The Labute approximate surface area is 129 Å². The smallest absolute Gasteiger partial charge is 0.501 e. The summed E-state index contributed by atoms with van der Waals surface area (Å²) >= 11 is 0. The van der Waals surface area contributed by atoms with Gasteiger partial charge in [0.1, 0.15) is 35.1 Å². The van der Waals surface area contributed by atoms with Gasteiger partial charge in [0, 0.05) is 0 Å². The van der Waals surface area contributed by atoms with E-state index in [0.29, 0.717) is 0 Å². The molecule has 0 saturated carbocycles. The molecule has 0 aromatic heterocycles. The average Bonchev–Trinajstić information content (AvgIpc) is 2.45. The summed E-state index contributed by atoms with van der Waals surface area (Å²) in [5.74, 6) is -0.462. The molecule has 1 heterocycles. The lowest BCUT2D eigenvalue weighted by atomic mass is 9.52. The molecule has 104 valence electrons. The first-order chi connectivity index (χ1) is 9.43. The molecule has 0 spiro atoms. The molecule has 0 bridgehead atoms. The molecule has 0 atom stereocenters. The summed E-state index contributed by atoms with van der Waals surface area (Å²) in [4.78, 5) is 0. The maximum Gasteiger partial charge on any atom is 0.501 e. The van der Waals surface area contributed by atoms with Crippen LogP contribution in [0.3, 0.4) is 0 Å². The van der Waals surface area contributed by atoms with Crippen LogP contribution in [-0.2, 0) is 9.31 Å². The first kappa shape index (κ1) is 16.5. The summed E-state index contributed by atoms with van der Waals surface area (Å²) in [5, 5.41) is -1.92. The van der Waals surface area contributed by atoms with Crippen molar-refractivity contribution in [2.24, 2.45) is 0 Å². The fourth-order valence-corrected chi connectivity index (χ4v) is 1.99. The van der Waals surface area contributed by atoms with Crippen molar-refractivity contribution in [3.63, 3.8) is 0 Å². The van der Waals surface area contributed by atoms with Crippen molar-refractivity contribution in [1.29, 1.82) is 0 Å². The second-order valence-corrected chi connectivity index (χ2v) is 6.20. The summed E-state index contributed by atoms with van der Waals surface area (Å²) in [6.07, 6.45) is 0. The van der Waals surface area contributed by atoms with E-state index in [1.54, 1.807) is 0 Å². The van der Waals surface area contributed by atoms with Gasteiger partial charge in [-0.05, 0) is 45.1 Å². The minimum Gasteiger partial charge on any atom is -0.516 e. The van der Waals surface area contributed by atoms with Crippen molar-refractivity contribution in [2.75, 3.05) is 0 Å². The van der Waals surface area contributed by atoms with Gasteiger partial charge in [-0.3, -0.25) is 0 Å². The third-order valence-corrected chi connectivity index (χ3v) is 3.79. The molecular weight excluding hydrogens is 266 g/mol. The lowest BCUT2D eigenvalue weighted by Gasteiger charge is -2.32. The van der Waals surface area contributed by atoms with E-state index in [1.165, 1.54) is 18.2 Å². The summed E-state index contributed by atoms with van der Waals surface area (Å²) < 4.78 is 31.1. The maximum absolute atomic E-state index is 14.2. The fourth-order valence-electron chi connectivity index (χ4n) is 1.99. The van der Waals surface area contributed by atoms with Crippen LogP contribution in [0.4, 0.5) is 4.39 Å². The molecule has 0 N–H and O–H groups in total. The minimum atomic E-state index is -1.92. The molecule has 1 aromatic rings. The van der Waals surface area contributed by atoms with Crippen LogP contribution < -0.4 is 10.2 Å². The highest BCUT2D eigenvalue weighted by molar-refractivity contribution is 6.63. The van der Waals surface area contributed by atoms with Gasteiger partial charge in [0.05, 0.1) is 16.7 Å². The van der Waals surface area contributed by atoms with Gasteiger partial charge in [-0.15, -0.1) is 0 Å². The molecule has 1 aliphatic rings. The number of halogens is 1. The number of rotatable bonds is 3. The second-order valence-electron chi connectivity index (χ2n) is 6.20. The molecule has 1 saturated heterocycles. The van der Waals surface area contributed by atoms with Gasteiger partial charge in [-0.1, -0.05) is 6.07 Å². The van der Waals surface area contributed by atoms with Crippen molar-refractivity contribution in [3.8, 4) is 5.75 Å².